The van der Waals surface area contributed by atoms with Gasteiger partial charge in [-0.15, -0.1) is 0 Å². The number of rotatable bonds is 2. The summed E-state index contributed by atoms with van der Waals surface area (Å²) >= 11 is 0. The molecule has 4 aromatic rings. The van der Waals surface area contributed by atoms with Crippen LogP contribution in [0.1, 0.15) is 11.3 Å². The maximum Gasteiger partial charge on any atom is 0.322 e. The molecule has 2 aromatic heterocycles. The Morgan fingerprint density at radius 2 is 1.81 bits per heavy atom. The van der Waals surface area contributed by atoms with E-state index in [1.54, 1.807) is 6.07 Å². The van der Waals surface area contributed by atoms with Gasteiger partial charge in [0.05, 0.1) is 17.9 Å². The molecule has 0 fully saturated rings. The van der Waals surface area contributed by atoms with Crippen LogP contribution in [0.5, 0.6) is 0 Å². The van der Waals surface area contributed by atoms with Gasteiger partial charge in [0.1, 0.15) is 11.6 Å². The molecule has 5 rings (SSSR count). The van der Waals surface area contributed by atoms with E-state index < -0.39 is 17.7 Å². The number of hydrogen-bond donors (Lipinski definition) is 2. The lowest BCUT2D eigenvalue weighted by Crippen LogP contribution is -2.41. The summed E-state index contributed by atoms with van der Waals surface area (Å²) in [5.41, 5.74) is 3.01. The maximum absolute atomic E-state index is 13.4. The van der Waals surface area contributed by atoms with Crippen LogP contribution in [0.4, 0.5) is 19.3 Å². The fourth-order valence-corrected chi connectivity index (χ4v) is 3.76. The van der Waals surface area contributed by atoms with E-state index in [2.05, 4.69) is 15.4 Å². The van der Waals surface area contributed by atoms with Gasteiger partial charge in [-0.1, -0.05) is 30.3 Å². The Morgan fingerprint density at radius 1 is 1.06 bits per heavy atom. The molecule has 0 spiro atoms. The number of carbonyl (C=O) groups excluding carboxylic acids is 1. The van der Waals surface area contributed by atoms with E-state index in [-0.39, 0.29) is 24.3 Å². The van der Waals surface area contributed by atoms with Gasteiger partial charge < -0.3 is 10.2 Å². The molecule has 7 nitrogen and oxygen atoms in total. The van der Waals surface area contributed by atoms with Crippen molar-refractivity contribution < 1.29 is 13.6 Å². The number of carbonyl (C=O) groups is 1. The second-order valence-corrected chi connectivity index (χ2v) is 7.33. The molecule has 0 aliphatic carbocycles. The molecule has 156 valence electrons. The van der Waals surface area contributed by atoms with Crippen LogP contribution in [0.15, 0.2) is 59.4 Å². The van der Waals surface area contributed by atoms with Gasteiger partial charge in [-0.2, -0.15) is 0 Å². The lowest BCUT2D eigenvalue weighted by Gasteiger charge is -2.27. The average molecular weight is 421 g/mol. The van der Waals surface area contributed by atoms with Crippen molar-refractivity contribution >= 4 is 17.4 Å². The highest BCUT2D eigenvalue weighted by molar-refractivity contribution is 5.89. The van der Waals surface area contributed by atoms with Gasteiger partial charge in [-0.3, -0.25) is 9.89 Å². The van der Waals surface area contributed by atoms with E-state index in [9.17, 15) is 18.4 Å². The number of aromatic nitrogens is 3. The fourth-order valence-electron chi connectivity index (χ4n) is 3.76. The molecule has 0 saturated carbocycles. The zero-order chi connectivity index (χ0) is 21.5. The molecule has 31 heavy (non-hydrogen) atoms. The number of nitrogens with one attached hydrogen (secondary N) is 2. The smallest absolute Gasteiger partial charge is 0.318 e. The molecule has 1 aliphatic rings. The third kappa shape index (κ3) is 3.54. The molecule has 3 heterocycles. The normalized spacial score (nSPS) is 13.3. The van der Waals surface area contributed by atoms with Crippen LogP contribution in [0.2, 0.25) is 0 Å². The summed E-state index contributed by atoms with van der Waals surface area (Å²) in [6.07, 6.45) is 0.328. The standard InChI is InChI=1S/C22H17F2N5O2/c23-14-8-15(24)10-16(9-14)25-22(31)28-7-6-17-19(12-28)26-20-11-18(27-29(20)21(17)30)13-4-2-1-3-5-13/h1-5,8-11,27H,6-7,12H2,(H,25,31). The molecule has 9 heteroatoms. The second kappa shape index (κ2) is 7.35. The van der Waals surface area contributed by atoms with Gasteiger partial charge in [-0.25, -0.2) is 23.1 Å². The summed E-state index contributed by atoms with van der Waals surface area (Å²) < 4.78 is 28.2. The average Bonchev–Trinajstić information content (AvgIpc) is 3.18. The number of anilines is 1. The van der Waals surface area contributed by atoms with Gasteiger partial charge in [0, 0.05) is 29.9 Å². The Bertz CT molecular complexity index is 1340. The van der Waals surface area contributed by atoms with Crippen LogP contribution >= 0.6 is 0 Å². The van der Waals surface area contributed by atoms with Gasteiger partial charge in [0.15, 0.2) is 5.65 Å². The summed E-state index contributed by atoms with van der Waals surface area (Å²) in [6, 6.07) is 13.7. The van der Waals surface area contributed by atoms with Gasteiger partial charge in [-0.05, 0) is 24.1 Å². The predicted octanol–water partition coefficient (Wildman–Crippen LogP) is 3.56. The summed E-state index contributed by atoms with van der Waals surface area (Å²) in [5.74, 6) is -1.56. The van der Waals surface area contributed by atoms with E-state index in [1.807, 2.05) is 30.3 Å². The lowest BCUT2D eigenvalue weighted by molar-refractivity contribution is 0.205. The summed E-state index contributed by atoms with van der Waals surface area (Å²) in [7, 11) is 0. The Balaban J connectivity index is 1.43. The Kier molecular flexibility index (Phi) is 4.50. The monoisotopic (exact) mass is 421 g/mol. The van der Waals surface area contributed by atoms with Crippen molar-refractivity contribution in [2.45, 2.75) is 13.0 Å². The first-order valence-corrected chi connectivity index (χ1v) is 9.69. The summed E-state index contributed by atoms with van der Waals surface area (Å²) in [5, 5.41) is 5.58. The maximum atomic E-state index is 13.4. The molecule has 0 radical (unpaired) electrons. The molecule has 0 atom stereocenters. The predicted molar refractivity (Wildman–Crippen MR) is 111 cm³/mol. The third-order valence-electron chi connectivity index (χ3n) is 5.25. The largest absolute Gasteiger partial charge is 0.322 e. The Hall–Kier alpha value is -4.01. The van der Waals surface area contributed by atoms with E-state index in [1.165, 1.54) is 9.42 Å². The number of urea groups is 1. The van der Waals surface area contributed by atoms with Crippen molar-refractivity contribution in [2.75, 3.05) is 11.9 Å². The minimum Gasteiger partial charge on any atom is -0.318 e. The van der Waals surface area contributed by atoms with Crippen molar-refractivity contribution in [3.8, 4) is 11.3 Å². The summed E-state index contributed by atoms with van der Waals surface area (Å²) in [4.78, 5) is 31.6. The van der Waals surface area contributed by atoms with Gasteiger partial charge in [0.25, 0.3) is 5.56 Å². The fraction of sp³-hybridized carbons (Fsp3) is 0.136. The molecule has 0 unspecified atom stereocenters. The first kappa shape index (κ1) is 19.0. The van der Waals surface area contributed by atoms with Crippen LogP contribution in [0.3, 0.4) is 0 Å². The highest BCUT2D eigenvalue weighted by Crippen LogP contribution is 2.21. The van der Waals surface area contributed by atoms with Crippen LogP contribution in [0, 0.1) is 11.6 Å². The number of benzene rings is 2. The zero-order valence-electron chi connectivity index (χ0n) is 16.2. The number of nitrogens with zero attached hydrogens (tertiary/aromatic N) is 3. The number of aromatic amines is 1. The molecule has 0 saturated heterocycles. The molecule has 1 aliphatic heterocycles. The zero-order valence-corrected chi connectivity index (χ0v) is 16.2. The molecule has 2 amide bonds. The topological polar surface area (TPSA) is 82.5 Å². The summed E-state index contributed by atoms with van der Waals surface area (Å²) in [6.45, 7) is 0.405. The minimum atomic E-state index is -0.780. The molecular weight excluding hydrogens is 404 g/mol. The first-order valence-electron chi connectivity index (χ1n) is 9.69. The second-order valence-electron chi connectivity index (χ2n) is 7.33. The number of halogens is 2. The minimum absolute atomic E-state index is 0.0231. The van der Waals surface area contributed by atoms with E-state index in [0.29, 0.717) is 23.3 Å². The highest BCUT2D eigenvalue weighted by Gasteiger charge is 2.25. The lowest BCUT2D eigenvalue weighted by atomic mass is 10.1. The van der Waals surface area contributed by atoms with Crippen LogP contribution < -0.4 is 10.9 Å². The SMILES string of the molecule is O=C(Nc1cc(F)cc(F)c1)N1CCc2c(nc3cc(-c4ccccc4)[nH]n3c2=O)C1. The van der Waals surface area contributed by atoms with Crippen molar-refractivity contribution in [1.82, 2.24) is 19.5 Å². The van der Waals surface area contributed by atoms with Crippen molar-refractivity contribution in [2.24, 2.45) is 0 Å². The quantitative estimate of drug-likeness (QED) is 0.519. The number of hydrogen-bond acceptors (Lipinski definition) is 3. The number of H-pyrrole nitrogens is 1. The van der Waals surface area contributed by atoms with E-state index in [4.69, 9.17) is 0 Å². The van der Waals surface area contributed by atoms with Crippen LogP contribution in [0.25, 0.3) is 16.9 Å². The number of fused-ring (bicyclic) bond motifs is 2. The van der Waals surface area contributed by atoms with Crippen LogP contribution in [-0.4, -0.2) is 32.1 Å². The van der Waals surface area contributed by atoms with Gasteiger partial charge >= 0.3 is 6.03 Å². The van der Waals surface area contributed by atoms with E-state index in [0.717, 1.165) is 29.5 Å². The highest BCUT2D eigenvalue weighted by atomic mass is 19.1. The third-order valence-corrected chi connectivity index (χ3v) is 5.25. The molecule has 2 N–H and O–H groups in total. The van der Waals surface area contributed by atoms with Crippen molar-refractivity contribution in [1.29, 1.82) is 0 Å². The molecule has 2 aromatic carbocycles. The van der Waals surface area contributed by atoms with Crippen molar-refractivity contribution in [3.63, 3.8) is 0 Å². The van der Waals surface area contributed by atoms with Gasteiger partial charge in [0.2, 0.25) is 0 Å². The van der Waals surface area contributed by atoms with Crippen molar-refractivity contribution in [3.05, 3.63) is 87.8 Å². The first-order chi connectivity index (χ1) is 15.0. The van der Waals surface area contributed by atoms with E-state index >= 15 is 0 Å². The number of amides is 2. The molecular formula is C22H17F2N5O2. The molecule has 0 bridgehead atoms. The Labute approximate surface area is 174 Å². The van der Waals surface area contributed by atoms with Crippen LogP contribution in [-0.2, 0) is 13.0 Å². The Morgan fingerprint density at radius 3 is 2.55 bits per heavy atom.